The van der Waals surface area contributed by atoms with Crippen LogP contribution < -0.4 is 10.6 Å². The van der Waals surface area contributed by atoms with Crippen LogP contribution in [0.4, 0.5) is 0 Å². The third-order valence-corrected chi connectivity index (χ3v) is 7.04. The third kappa shape index (κ3) is 4.45. The molecule has 2 aliphatic rings. The lowest BCUT2D eigenvalue weighted by Gasteiger charge is -2.29. The number of nitrogens with one attached hydrogen (secondary N) is 2. The zero-order valence-electron chi connectivity index (χ0n) is 18.7. The zero-order valence-corrected chi connectivity index (χ0v) is 19.5. The maximum absolute atomic E-state index is 12.8. The number of carbonyl (C=O) groups is 5. The number of benzene rings is 1. The monoisotopic (exact) mass is 467 g/mol. The van der Waals surface area contributed by atoms with Crippen molar-refractivity contribution in [3.63, 3.8) is 0 Å². The minimum Gasteiger partial charge on any atom is -0.344 e. The maximum Gasteiger partial charge on any atom is 0.292 e. The van der Waals surface area contributed by atoms with Crippen LogP contribution in [0.15, 0.2) is 29.6 Å². The van der Waals surface area contributed by atoms with Crippen molar-refractivity contribution < 1.29 is 24.0 Å². The highest BCUT2D eigenvalue weighted by molar-refractivity contribution is 7.10. The van der Waals surface area contributed by atoms with Crippen LogP contribution in [0.25, 0.3) is 0 Å². The van der Waals surface area contributed by atoms with Crippen molar-refractivity contribution in [2.45, 2.75) is 58.2 Å². The van der Waals surface area contributed by atoms with Crippen molar-refractivity contribution in [1.82, 2.24) is 15.5 Å². The predicted octanol–water partition coefficient (Wildman–Crippen LogP) is 2.31. The van der Waals surface area contributed by atoms with Crippen LogP contribution >= 0.6 is 11.3 Å². The molecule has 0 saturated carbocycles. The SMILES string of the molecule is CC(C)(C)c1ccc(C(=O)C(=O)NCc2scc3c2CN(C2CCC(=O)NC2=O)C3=O)cc1. The van der Waals surface area contributed by atoms with Crippen molar-refractivity contribution in [1.29, 1.82) is 0 Å². The molecule has 33 heavy (non-hydrogen) atoms. The van der Waals surface area contributed by atoms with Gasteiger partial charge in [-0.15, -0.1) is 11.3 Å². The fourth-order valence-corrected chi connectivity index (χ4v) is 5.02. The molecule has 2 aromatic rings. The molecule has 4 amide bonds. The molecule has 1 saturated heterocycles. The molecule has 1 unspecified atom stereocenters. The number of hydrogen-bond acceptors (Lipinski definition) is 6. The molecule has 0 aliphatic carbocycles. The number of ketones is 1. The van der Waals surface area contributed by atoms with E-state index in [9.17, 15) is 24.0 Å². The Bertz CT molecular complexity index is 1160. The molecular weight excluding hydrogens is 442 g/mol. The Hall–Kier alpha value is -3.33. The minimum atomic E-state index is -0.716. The molecule has 1 aromatic carbocycles. The number of nitrogens with zero attached hydrogens (tertiary/aromatic N) is 1. The molecule has 0 spiro atoms. The summed E-state index contributed by atoms with van der Waals surface area (Å²) in [5.74, 6) is -2.40. The molecule has 1 aromatic heterocycles. The summed E-state index contributed by atoms with van der Waals surface area (Å²) in [7, 11) is 0. The fourth-order valence-electron chi connectivity index (χ4n) is 4.05. The molecule has 9 heteroatoms. The summed E-state index contributed by atoms with van der Waals surface area (Å²) in [6.45, 7) is 6.56. The molecule has 8 nitrogen and oxygen atoms in total. The summed E-state index contributed by atoms with van der Waals surface area (Å²) < 4.78 is 0. The van der Waals surface area contributed by atoms with Crippen LogP contribution in [0.3, 0.4) is 0 Å². The average molecular weight is 468 g/mol. The smallest absolute Gasteiger partial charge is 0.292 e. The molecule has 2 aliphatic heterocycles. The van der Waals surface area contributed by atoms with Gasteiger partial charge in [0.15, 0.2) is 0 Å². The Labute approximate surface area is 195 Å². The van der Waals surface area contributed by atoms with Crippen molar-refractivity contribution in [2.24, 2.45) is 0 Å². The molecule has 4 rings (SSSR count). The van der Waals surface area contributed by atoms with Gasteiger partial charge in [0.25, 0.3) is 11.8 Å². The lowest BCUT2D eigenvalue weighted by Crippen LogP contribution is -2.52. The average Bonchev–Trinajstić information content (AvgIpc) is 3.31. The van der Waals surface area contributed by atoms with E-state index in [0.29, 0.717) is 17.5 Å². The number of carbonyl (C=O) groups excluding carboxylic acids is 5. The lowest BCUT2D eigenvalue weighted by molar-refractivity contribution is -0.136. The first-order chi connectivity index (χ1) is 15.6. The van der Waals surface area contributed by atoms with Crippen LogP contribution in [0.5, 0.6) is 0 Å². The van der Waals surface area contributed by atoms with Crippen molar-refractivity contribution in [3.05, 3.63) is 56.8 Å². The molecule has 2 N–H and O–H groups in total. The van der Waals surface area contributed by atoms with Crippen LogP contribution in [0.1, 0.15) is 70.3 Å². The lowest BCUT2D eigenvalue weighted by atomic mass is 9.86. The van der Waals surface area contributed by atoms with Gasteiger partial charge in [0.2, 0.25) is 17.6 Å². The number of amides is 4. The van der Waals surface area contributed by atoms with E-state index < -0.39 is 23.6 Å². The van der Waals surface area contributed by atoms with Crippen LogP contribution in [-0.2, 0) is 32.9 Å². The van der Waals surface area contributed by atoms with Gasteiger partial charge in [-0.25, -0.2) is 0 Å². The molecule has 3 heterocycles. The summed E-state index contributed by atoms with van der Waals surface area (Å²) in [6.07, 6.45) is 0.480. The maximum atomic E-state index is 12.8. The normalized spacial score (nSPS) is 18.2. The second kappa shape index (κ2) is 8.55. The first kappa shape index (κ1) is 22.8. The Balaban J connectivity index is 1.40. The Morgan fingerprint density at radius 3 is 2.48 bits per heavy atom. The highest BCUT2D eigenvalue weighted by atomic mass is 32.1. The van der Waals surface area contributed by atoms with Gasteiger partial charge in [-0.05, 0) is 23.0 Å². The Morgan fingerprint density at radius 2 is 1.85 bits per heavy atom. The van der Waals surface area contributed by atoms with Crippen LogP contribution in [0, 0.1) is 0 Å². The van der Waals surface area contributed by atoms with Crippen LogP contribution in [-0.4, -0.2) is 40.4 Å². The van der Waals surface area contributed by atoms with Gasteiger partial charge in [-0.2, -0.15) is 0 Å². The van der Waals surface area contributed by atoms with E-state index in [-0.39, 0.29) is 36.7 Å². The molecule has 0 radical (unpaired) electrons. The quantitative estimate of drug-likeness (QED) is 0.398. The number of rotatable bonds is 5. The van der Waals surface area contributed by atoms with E-state index in [1.165, 1.54) is 16.2 Å². The predicted molar refractivity (Wildman–Crippen MR) is 122 cm³/mol. The Kier molecular flexibility index (Phi) is 5.92. The van der Waals surface area contributed by atoms with Gasteiger partial charge in [-0.3, -0.25) is 29.3 Å². The molecule has 1 atom stereocenters. The summed E-state index contributed by atoms with van der Waals surface area (Å²) in [5, 5.41) is 6.63. The molecule has 172 valence electrons. The number of thiophene rings is 1. The Morgan fingerprint density at radius 1 is 1.15 bits per heavy atom. The highest BCUT2D eigenvalue weighted by Crippen LogP contribution is 2.33. The molecular formula is C24H25N3O5S. The van der Waals surface area contributed by atoms with Gasteiger partial charge in [0, 0.05) is 28.8 Å². The summed E-state index contributed by atoms with van der Waals surface area (Å²) in [6, 6.07) is 6.32. The first-order valence-electron chi connectivity index (χ1n) is 10.7. The van der Waals surface area contributed by atoms with E-state index in [1.54, 1.807) is 17.5 Å². The molecule has 0 bridgehead atoms. The van der Waals surface area contributed by atoms with Crippen molar-refractivity contribution >= 4 is 40.7 Å². The number of piperidine rings is 1. The standard InChI is InChI=1S/C24H25N3O5S/c1-24(2,3)14-6-4-13(5-7-14)20(29)22(31)25-10-18-15-11-27(23(32)16(15)12-33-18)17-8-9-19(28)26-21(17)30/h4-7,12,17H,8-11H2,1-3H3,(H,25,31)(H,26,28,30). The number of Topliss-reactive ketones (excluding diaryl/α,β-unsaturated/α-hetero) is 1. The minimum absolute atomic E-state index is 0.0530. The number of imide groups is 1. The van der Waals surface area contributed by atoms with E-state index in [1.807, 2.05) is 12.1 Å². The number of fused-ring (bicyclic) bond motifs is 1. The number of hydrogen-bond donors (Lipinski definition) is 2. The largest absolute Gasteiger partial charge is 0.344 e. The second-order valence-electron chi connectivity index (χ2n) is 9.29. The zero-order chi connectivity index (χ0) is 23.9. The summed E-state index contributed by atoms with van der Waals surface area (Å²) >= 11 is 1.33. The van der Waals surface area contributed by atoms with Gasteiger partial charge in [0.05, 0.1) is 12.1 Å². The first-order valence-corrected chi connectivity index (χ1v) is 11.6. The van der Waals surface area contributed by atoms with E-state index >= 15 is 0 Å². The van der Waals surface area contributed by atoms with E-state index in [2.05, 4.69) is 31.4 Å². The van der Waals surface area contributed by atoms with Gasteiger partial charge in [-0.1, -0.05) is 45.0 Å². The second-order valence-corrected chi connectivity index (χ2v) is 10.3. The van der Waals surface area contributed by atoms with Gasteiger partial charge in [0.1, 0.15) is 6.04 Å². The van der Waals surface area contributed by atoms with E-state index in [4.69, 9.17) is 0 Å². The van der Waals surface area contributed by atoms with Crippen LogP contribution in [0.2, 0.25) is 0 Å². The molecule has 1 fully saturated rings. The van der Waals surface area contributed by atoms with Gasteiger partial charge < -0.3 is 10.2 Å². The summed E-state index contributed by atoms with van der Waals surface area (Å²) in [5.41, 5.74) is 2.58. The van der Waals surface area contributed by atoms with Crippen molar-refractivity contribution in [2.75, 3.05) is 0 Å². The van der Waals surface area contributed by atoms with E-state index in [0.717, 1.165) is 16.0 Å². The highest BCUT2D eigenvalue weighted by Gasteiger charge is 2.40. The fraction of sp³-hybridized carbons (Fsp3) is 0.375. The third-order valence-electron chi connectivity index (χ3n) is 6.02. The topological polar surface area (TPSA) is 113 Å². The summed E-state index contributed by atoms with van der Waals surface area (Å²) in [4.78, 5) is 63.6. The van der Waals surface area contributed by atoms with Gasteiger partial charge >= 0.3 is 0 Å². The van der Waals surface area contributed by atoms with Crippen molar-refractivity contribution in [3.8, 4) is 0 Å².